The van der Waals surface area contributed by atoms with Gasteiger partial charge in [-0.25, -0.2) is 8.78 Å². The lowest BCUT2D eigenvalue weighted by Crippen LogP contribution is -2.26. The number of ether oxygens (including phenoxy) is 2. The average Bonchev–Trinajstić information content (AvgIpc) is 2.56. The van der Waals surface area contributed by atoms with Gasteiger partial charge in [-0.3, -0.25) is 4.79 Å². The molecule has 1 heterocycles. The summed E-state index contributed by atoms with van der Waals surface area (Å²) in [7, 11) is 0. The molecule has 0 fully saturated rings. The van der Waals surface area contributed by atoms with Crippen molar-refractivity contribution in [3.63, 3.8) is 0 Å². The third kappa shape index (κ3) is 3.73. The van der Waals surface area contributed by atoms with Gasteiger partial charge in [-0.2, -0.15) is 0 Å². The summed E-state index contributed by atoms with van der Waals surface area (Å²) in [6.45, 7) is 2.15. The maximum atomic E-state index is 13.1. The zero-order valence-corrected chi connectivity index (χ0v) is 12.9. The van der Waals surface area contributed by atoms with E-state index in [1.807, 2.05) is 13.0 Å². The van der Waals surface area contributed by atoms with Crippen LogP contribution < -0.4 is 20.1 Å². The number of hydrogen-bond acceptors (Lipinski definition) is 4. The summed E-state index contributed by atoms with van der Waals surface area (Å²) in [5, 5.41) is 5.93. The molecule has 24 heavy (non-hydrogen) atoms. The van der Waals surface area contributed by atoms with Gasteiger partial charge < -0.3 is 20.1 Å². The van der Waals surface area contributed by atoms with Crippen LogP contribution in [0, 0.1) is 11.6 Å². The quantitative estimate of drug-likeness (QED) is 0.882. The number of carbonyl (C=O) groups is 1. The first-order chi connectivity index (χ1) is 11.5. The maximum absolute atomic E-state index is 13.1. The van der Waals surface area contributed by atoms with Gasteiger partial charge >= 0.3 is 0 Å². The Morgan fingerprint density at radius 1 is 1.25 bits per heavy atom. The van der Waals surface area contributed by atoms with Crippen LogP contribution in [-0.2, 0) is 4.79 Å². The van der Waals surface area contributed by atoms with Crippen LogP contribution in [0.4, 0.5) is 20.2 Å². The molecule has 0 unspecified atom stereocenters. The molecule has 2 aromatic carbocycles. The van der Waals surface area contributed by atoms with Crippen LogP contribution in [0.5, 0.6) is 11.5 Å². The average molecular weight is 334 g/mol. The molecule has 1 atom stereocenters. The molecule has 0 aromatic heterocycles. The number of carbonyl (C=O) groups excluding carboxylic acids is 1. The molecule has 126 valence electrons. The minimum absolute atomic E-state index is 0.00868. The van der Waals surface area contributed by atoms with Crippen LogP contribution in [0.3, 0.4) is 0 Å². The number of benzene rings is 2. The summed E-state index contributed by atoms with van der Waals surface area (Å²) in [4.78, 5) is 11.2. The van der Waals surface area contributed by atoms with E-state index < -0.39 is 11.6 Å². The number of halogens is 2. The summed E-state index contributed by atoms with van der Waals surface area (Å²) in [6.07, 6.45) is 0. The van der Waals surface area contributed by atoms with Crippen molar-refractivity contribution in [3.8, 4) is 11.5 Å². The number of hydrogen-bond donors (Lipinski definition) is 2. The third-order valence-electron chi connectivity index (χ3n) is 3.42. The molecule has 0 saturated carbocycles. The highest BCUT2D eigenvalue weighted by Gasteiger charge is 2.16. The smallest absolute Gasteiger partial charge is 0.262 e. The molecule has 0 radical (unpaired) electrons. The lowest BCUT2D eigenvalue weighted by Gasteiger charge is -2.21. The van der Waals surface area contributed by atoms with Crippen LogP contribution in [0.25, 0.3) is 0 Å². The molecule has 2 aromatic rings. The van der Waals surface area contributed by atoms with Gasteiger partial charge in [0.15, 0.2) is 18.2 Å². The van der Waals surface area contributed by atoms with Gasteiger partial charge in [0.25, 0.3) is 5.91 Å². The standard InChI is InChI=1S/C17H16F2N2O3/c1-10(8-23-12-3-4-13(18)14(19)7-12)20-11-2-5-15-16(6-11)24-9-17(22)21-15/h2-7,10,20H,8-9H2,1H3,(H,21,22)/t10-/m0/s1. The molecule has 7 heteroatoms. The summed E-state index contributed by atoms with van der Waals surface area (Å²) in [5.74, 6) is -1.18. The summed E-state index contributed by atoms with van der Waals surface area (Å²) in [6, 6.07) is 8.66. The Labute approximate surface area is 137 Å². The molecule has 1 aliphatic heterocycles. The van der Waals surface area contributed by atoms with Crippen LogP contribution in [0.15, 0.2) is 36.4 Å². The van der Waals surface area contributed by atoms with Gasteiger partial charge in [-0.05, 0) is 31.2 Å². The van der Waals surface area contributed by atoms with Gasteiger partial charge in [0.2, 0.25) is 0 Å². The van der Waals surface area contributed by atoms with Crippen molar-refractivity contribution >= 4 is 17.3 Å². The van der Waals surface area contributed by atoms with E-state index in [4.69, 9.17) is 9.47 Å². The molecule has 2 N–H and O–H groups in total. The predicted octanol–water partition coefficient (Wildman–Crippen LogP) is 3.18. The molecule has 0 aliphatic carbocycles. The van der Waals surface area contributed by atoms with Gasteiger partial charge in [0.05, 0.1) is 11.7 Å². The van der Waals surface area contributed by atoms with Gasteiger partial charge in [0, 0.05) is 17.8 Å². The van der Waals surface area contributed by atoms with Crippen LogP contribution in [0.1, 0.15) is 6.92 Å². The highest BCUT2D eigenvalue weighted by Crippen LogP contribution is 2.30. The maximum Gasteiger partial charge on any atom is 0.262 e. The Hall–Kier alpha value is -2.83. The lowest BCUT2D eigenvalue weighted by atomic mass is 10.2. The number of amides is 1. The molecule has 1 amide bonds. The molecule has 5 nitrogen and oxygen atoms in total. The second kappa shape index (κ2) is 6.74. The van der Waals surface area contributed by atoms with Crippen molar-refractivity contribution in [2.24, 2.45) is 0 Å². The summed E-state index contributed by atoms with van der Waals surface area (Å²) < 4.78 is 36.8. The van der Waals surface area contributed by atoms with E-state index in [-0.39, 0.29) is 30.9 Å². The largest absolute Gasteiger partial charge is 0.491 e. The molecule has 0 spiro atoms. The fourth-order valence-electron chi connectivity index (χ4n) is 2.28. The SMILES string of the molecule is C[C@@H](COc1ccc(F)c(F)c1)Nc1ccc2c(c1)OCC(=O)N2. The molecular formula is C17H16F2N2O3. The van der Waals surface area contributed by atoms with Crippen LogP contribution in [0.2, 0.25) is 0 Å². The van der Waals surface area contributed by atoms with E-state index in [2.05, 4.69) is 10.6 Å². The van der Waals surface area contributed by atoms with Crippen LogP contribution in [-0.4, -0.2) is 25.2 Å². The Bertz CT molecular complexity index is 767. The Morgan fingerprint density at radius 3 is 2.88 bits per heavy atom. The summed E-state index contributed by atoms with van der Waals surface area (Å²) >= 11 is 0. The monoisotopic (exact) mass is 334 g/mol. The Balaban J connectivity index is 1.57. The highest BCUT2D eigenvalue weighted by molar-refractivity contribution is 5.95. The minimum Gasteiger partial charge on any atom is -0.491 e. The van der Waals surface area contributed by atoms with E-state index >= 15 is 0 Å². The first-order valence-electron chi connectivity index (χ1n) is 7.42. The van der Waals surface area contributed by atoms with Crippen molar-refractivity contribution in [3.05, 3.63) is 48.0 Å². The number of nitrogens with one attached hydrogen (secondary N) is 2. The molecule has 1 aliphatic rings. The Kier molecular flexibility index (Phi) is 4.50. The van der Waals surface area contributed by atoms with Gasteiger partial charge in [-0.15, -0.1) is 0 Å². The molecule has 0 saturated heterocycles. The van der Waals surface area contributed by atoms with Crippen molar-refractivity contribution < 1.29 is 23.0 Å². The predicted molar refractivity (Wildman–Crippen MR) is 85.5 cm³/mol. The van der Waals surface area contributed by atoms with E-state index in [9.17, 15) is 13.6 Å². The number of fused-ring (bicyclic) bond motifs is 1. The number of rotatable bonds is 5. The zero-order valence-electron chi connectivity index (χ0n) is 12.9. The fraction of sp³-hybridized carbons (Fsp3) is 0.235. The molecule has 0 bridgehead atoms. The summed E-state index contributed by atoms with van der Waals surface area (Å²) in [5.41, 5.74) is 1.42. The van der Waals surface area contributed by atoms with E-state index in [0.717, 1.165) is 17.8 Å². The van der Waals surface area contributed by atoms with Crippen molar-refractivity contribution in [2.45, 2.75) is 13.0 Å². The normalized spacial score (nSPS) is 14.2. The Morgan fingerprint density at radius 2 is 2.08 bits per heavy atom. The minimum atomic E-state index is -0.943. The van der Waals surface area contributed by atoms with Crippen molar-refractivity contribution in [1.29, 1.82) is 0 Å². The third-order valence-corrected chi connectivity index (χ3v) is 3.42. The van der Waals surface area contributed by atoms with Gasteiger partial charge in [0.1, 0.15) is 18.1 Å². The van der Waals surface area contributed by atoms with Crippen molar-refractivity contribution in [1.82, 2.24) is 0 Å². The zero-order chi connectivity index (χ0) is 17.1. The van der Waals surface area contributed by atoms with Crippen LogP contribution >= 0.6 is 0 Å². The van der Waals surface area contributed by atoms with E-state index in [1.54, 1.807) is 12.1 Å². The molecule has 3 rings (SSSR count). The second-order valence-corrected chi connectivity index (χ2v) is 5.48. The van der Waals surface area contributed by atoms with E-state index in [0.29, 0.717) is 11.4 Å². The first kappa shape index (κ1) is 16.0. The lowest BCUT2D eigenvalue weighted by molar-refractivity contribution is -0.118. The molecular weight excluding hydrogens is 318 g/mol. The second-order valence-electron chi connectivity index (χ2n) is 5.48. The van der Waals surface area contributed by atoms with E-state index in [1.165, 1.54) is 6.07 Å². The van der Waals surface area contributed by atoms with Crippen molar-refractivity contribution in [2.75, 3.05) is 23.8 Å². The van der Waals surface area contributed by atoms with Gasteiger partial charge in [-0.1, -0.05) is 0 Å². The fourth-order valence-corrected chi connectivity index (χ4v) is 2.28. The number of anilines is 2. The highest BCUT2D eigenvalue weighted by atomic mass is 19.2. The first-order valence-corrected chi connectivity index (χ1v) is 7.42. The topological polar surface area (TPSA) is 59.6 Å².